The second-order valence-electron chi connectivity index (χ2n) is 6.81. The molecule has 0 aromatic heterocycles. The van der Waals surface area contributed by atoms with E-state index in [4.69, 9.17) is 25.8 Å². The minimum absolute atomic E-state index is 0.00697. The third kappa shape index (κ3) is 10.2. The Balaban J connectivity index is 1.96. The zero-order valence-corrected chi connectivity index (χ0v) is 19.5. The molecule has 2 aromatic rings. The van der Waals surface area contributed by atoms with Crippen LogP contribution in [-0.4, -0.2) is 49.5 Å². The van der Waals surface area contributed by atoms with Crippen LogP contribution >= 0.6 is 11.6 Å². The summed E-state index contributed by atoms with van der Waals surface area (Å²) < 4.78 is 14.6. The van der Waals surface area contributed by atoms with Crippen LogP contribution in [-0.2, 0) is 33.4 Å². The Hall–Kier alpha value is -4.05. The molecule has 0 radical (unpaired) electrons. The van der Waals surface area contributed by atoms with Gasteiger partial charge in [0.2, 0.25) is 11.8 Å². The van der Waals surface area contributed by atoms with Crippen LogP contribution in [0, 0.1) is 0 Å². The van der Waals surface area contributed by atoms with Gasteiger partial charge in [0, 0.05) is 5.69 Å². The molecule has 2 rings (SSSR count). The quantitative estimate of drug-likeness (QED) is 0.136. The van der Waals surface area contributed by atoms with Crippen LogP contribution in [0.5, 0.6) is 0 Å². The number of rotatable bonds is 14. The van der Waals surface area contributed by atoms with Gasteiger partial charge in [0.25, 0.3) is 5.91 Å². The number of carbonyl (C=O) groups is 4. The average molecular weight is 502 g/mol. The maximum absolute atomic E-state index is 12.7. The highest BCUT2D eigenvalue weighted by Crippen LogP contribution is 2.24. The van der Waals surface area contributed by atoms with Crippen molar-refractivity contribution in [2.75, 3.05) is 25.1 Å². The maximum Gasteiger partial charge on any atom is 0.306 e. The number of carbonyl (C=O) groups excluding carboxylic acids is 4. The van der Waals surface area contributed by atoms with Crippen LogP contribution in [0.2, 0.25) is 5.02 Å². The maximum atomic E-state index is 12.7. The largest absolute Gasteiger partial charge is 0.498 e. The van der Waals surface area contributed by atoms with Crippen molar-refractivity contribution in [3.8, 4) is 0 Å². The predicted molar refractivity (Wildman–Crippen MR) is 127 cm³/mol. The Morgan fingerprint density at radius 1 is 0.943 bits per heavy atom. The van der Waals surface area contributed by atoms with Gasteiger partial charge in [-0.3, -0.25) is 19.2 Å². The normalized spacial score (nSPS) is 11.3. The highest BCUT2D eigenvalue weighted by molar-refractivity contribution is 6.32. The number of para-hydroxylation sites is 1. The fourth-order valence-electron chi connectivity index (χ4n) is 2.51. The third-order valence-corrected chi connectivity index (χ3v) is 4.54. The summed E-state index contributed by atoms with van der Waals surface area (Å²) in [4.78, 5) is 49.0. The van der Waals surface area contributed by atoms with E-state index in [-0.39, 0.29) is 36.8 Å². The second-order valence-corrected chi connectivity index (χ2v) is 7.22. The van der Waals surface area contributed by atoms with Gasteiger partial charge in [-0.25, -0.2) is 0 Å². The Bertz CT molecular complexity index is 1060. The van der Waals surface area contributed by atoms with Gasteiger partial charge in [0.15, 0.2) is 6.61 Å². The molecule has 11 heteroatoms. The van der Waals surface area contributed by atoms with Gasteiger partial charge >= 0.3 is 11.9 Å². The highest BCUT2D eigenvalue weighted by Gasteiger charge is 2.28. The predicted octanol–water partition coefficient (Wildman–Crippen LogP) is 4.03. The average Bonchev–Trinajstić information content (AvgIpc) is 2.86. The van der Waals surface area contributed by atoms with Crippen molar-refractivity contribution in [2.45, 2.75) is 18.9 Å². The summed E-state index contributed by atoms with van der Waals surface area (Å²) in [5.74, 6) is -3.03. The fourth-order valence-corrected chi connectivity index (χ4v) is 2.69. The molecule has 0 saturated carbocycles. The van der Waals surface area contributed by atoms with Gasteiger partial charge in [-0.1, -0.05) is 48.5 Å². The highest BCUT2D eigenvalue weighted by atomic mass is 35.5. The lowest BCUT2D eigenvalue weighted by Gasteiger charge is -2.12. The number of nitrogens with zero attached hydrogens (tertiary/aromatic N) is 2. The molecule has 35 heavy (non-hydrogen) atoms. The first-order chi connectivity index (χ1) is 16.9. The Kier molecular flexibility index (Phi) is 11.6. The monoisotopic (exact) mass is 501 g/mol. The summed E-state index contributed by atoms with van der Waals surface area (Å²) in [5.41, 5.74) is 0.700. The number of ketones is 1. The molecule has 10 nitrogen and oxygen atoms in total. The van der Waals surface area contributed by atoms with Crippen LogP contribution in [0.3, 0.4) is 0 Å². The SMILES string of the molecule is C=COCCOC(=O)CCC(=O)OCC(=O)C(N=Nc1ccccc1Cl)C(=O)Nc1ccccc1. The van der Waals surface area contributed by atoms with Crippen LogP contribution in [0.25, 0.3) is 0 Å². The van der Waals surface area contributed by atoms with Gasteiger partial charge in [0.1, 0.15) is 18.9 Å². The Morgan fingerprint density at radius 3 is 2.29 bits per heavy atom. The summed E-state index contributed by atoms with van der Waals surface area (Å²) in [6.07, 6.45) is 0.658. The smallest absolute Gasteiger partial charge is 0.306 e. The molecule has 0 aliphatic carbocycles. The molecule has 0 bridgehead atoms. The Morgan fingerprint density at radius 2 is 1.60 bits per heavy atom. The molecule has 0 heterocycles. The molecule has 1 unspecified atom stereocenters. The standard InChI is InChI=1S/C24H24ClN3O7/c1-2-33-14-15-34-21(30)12-13-22(31)35-16-20(29)23(24(32)26-17-8-4-3-5-9-17)28-27-19-11-7-6-10-18(19)25/h2-11,23H,1,12-16H2,(H,26,32). The summed E-state index contributed by atoms with van der Waals surface area (Å²) >= 11 is 6.05. The summed E-state index contributed by atoms with van der Waals surface area (Å²) in [7, 11) is 0. The lowest BCUT2D eigenvalue weighted by Crippen LogP contribution is -2.36. The van der Waals surface area contributed by atoms with E-state index < -0.39 is 36.3 Å². The molecule has 0 saturated heterocycles. The van der Waals surface area contributed by atoms with E-state index in [0.29, 0.717) is 5.69 Å². The van der Waals surface area contributed by atoms with E-state index >= 15 is 0 Å². The van der Waals surface area contributed by atoms with E-state index in [1.807, 2.05) is 0 Å². The van der Waals surface area contributed by atoms with E-state index in [2.05, 4.69) is 22.1 Å². The van der Waals surface area contributed by atoms with Gasteiger partial charge in [-0.15, -0.1) is 0 Å². The first-order valence-electron chi connectivity index (χ1n) is 10.5. The van der Waals surface area contributed by atoms with Gasteiger partial charge in [0.05, 0.1) is 24.1 Å². The van der Waals surface area contributed by atoms with Crippen LogP contribution in [0.4, 0.5) is 11.4 Å². The summed E-state index contributed by atoms with van der Waals surface area (Å²) in [6.45, 7) is 2.76. The molecule has 0 aliphatic heterocycles. The van der Waals surface area contributed by atoms with E-state index in [0.717, 1.165) is 0 Å². The number of anilines is 1. The fraction of sp³-hybridized carbons (Fsp3) is 0.250. The van der Waals surface area contributed by atoms with Crippen LogP contribution in [0.1, 0.15) is 12.8 Å². The molecule has 1 amide bonds. The zero-order valence-electron chi connectivity index (χ0n) is 18.7. The number of Topliss-reactive ketones (excluding diaryl/α,β-unsaturated/α-hetero) is 1. The number of hydrogen-bond acceptors (Lipinski definition) is 9. The van der Waals surface area contributed by atoms with Gasteiger partial charge in [-0.2, -0.15) is 10.2 Å². The number of hydrogen-bond donors (Lipinski definition) is 1. The molecule has 1 atom stereocenters. The van der Waals surface area contributed by atoms with Crippen LogP contribution in [0.15, 0.2) is 77.7 Å². The molecule has 0 aliphatic rings. The molecule has 0 spiro atoms. The van der Waals surface area contributed by atoms with Gasteiger partial charge < -0.3 is 19.5 Å². The number of azo groups is 1. The number of ether oxygens (including phenoxy) is 3. The minimum Gasteiger partial charge on any atom is -0.498 e. The minimum atomic E-state index is -1.60. The van der Waals surface area contributed by atoms with Crippen molar-refractivity contribution in [1.82, 2.24) is 0 Å². The topological polar surface area (TPSA) is 133 Å². The van der Waals surface area contributed by atoms with Gasteiger partial charge in [-0.05, 0) is 24.3 Å². The number of benzene rings is 2. The molecule has 184 valence electrons. The first kappa shape index (κ1) is 27.2. The molecule has 1 N–H and O–H groups in total. The van der Waals surface area contributed by atoms with E-state index in [9.17, 15) is 19.2 Å². The lowest BCUT2D eigenvalue weighted by atomic mass is 10.2. The number of halogens is 1. The Labute approximate surface area is 206 Å². The van der Waals surface area contributed by atoms with E-state index in [1.165, 1.54) is 6.26 Å². The van der Waals surface area contributed by atoms with Crippen molar-refractivity contribution in [2.24, 2.45) is 10.2 Å². The zero-order chi connectivity index (χ0) is 25.5. The summed E-state index contributed by atoms with van der Waals surface area (Å²) in [6, 6.07) is 13.3. The van der Waals surface area contributed by atoms with Crippen molar-refractivity contribution >= 4 is 46.6 Å². The van der Waals surface area contributed by atoms with E-state index in [1.54, 1.807) is 54.6 Å². The van der Waals surface area contributed by atoms with Crippen molar-refractivity contribution in [1.29, 1.82) is 0 Å². The number of nitrogens with one attached hydrogen (secondary N) is 1. The molecule has 2 aromatic carbocycles. The van der Waals surface area contributed by atoms with Crippen molar-refractivity contribution < 1.29 is 33.4 Å². The first-order valence-corrected chi connectivity index (χ1v) is 10.9. The van der Waals surface area contributed by atoms with Crippen molar-refractivity contribution in [3.05, 3.63) is 72.5 Å². The molecular weight excluding hydrogens is 478 g/mol. The second kappa shape index (κ2) is 15.0. The summed E-state index contributed by atoms with van der Waals surface area (Å²) in [5, 5.41) is 10.6. The lowest BCUT2D eigenvalue weighted by molar-refractivity contribution is -0.152. The number of amides is 1. The third-order valence-electron chi connectivity index (χ3n) is 4.22. The molecular formula is C24H24ClN3O7. The number of esters is 2. The van der Waals surface area contributed by atoms with Crippen molar-refractivity contribution in [3.63, 3.8) is 0 Å². The van der Waals surface area contributed by atoms with Crippen LogP contribution < -0.4 is 5.32 Å². The molecule has 0 fully saturated rings.